The number of methoxy groups -OCH3 is 1. The number of hydrogen-bond donors (Lipinski definition) is 1. The molecule has 3 aliphatic heterocycles. The molecule has 0 radical (unpaired) electrons. The van der Waals surface area contributed by atoms with Gasteiger partial charge in [0, 0.05) is 19.3 Å². The molecule has 3 aromatic rings. The molecule has 1 saturated heterocycles. The van der Waals surface area contributed by atoms with Crippen LogP contribution in [0.1, 0.15) is 198 Å². The predicted octanol–water partition coefficient (Wildman–Crippen LogP) is 23.9. The SMILES string of the molecule is C1=C2OP(OCCOP3Oc4cccc5nccc(c45)O3)Oc3ccnc(c32)CC1.CCOP(OCC)OC(C)C(OP(OCC)OCC)B1OC(C)(C)C(C)(C)O1.CCOP(OCC)OCC(C#N)OP(OCC)OCC.CCOP(OCC)OCC(N)OP(OCC)OCC.CCOP(OCC)OCC(OC(=O)OC)OP(OCC)OCC.CCOP(OCC)OCC(OC(C)=O)OP(OCC)OCC. The van der Waals surface area contributed by atoms with Gasteiger partial charge in [-0.15, -0.1) is 0 Å². The molecule has 1 aromatic carbocycles. The van der Waals surface area contributed by atoms with Crippen molar-refractivity contribution in [1.82, 2.24) is 9.97 Å². The van der Waals surface area contributed by atoms with Gasteiger partial charge in [-0.1, -0.05) is 6.07 Å². The minimum absolute atomic E-state index is 0.0374. The highest BCUT2D eigenvalue weighted by Crippen LogP contribution is 2.57. The van der Waals surface area contributed by atoms with Gasteiger partial charge in [0.15, 0.2) is 6.10 Å². The Morgan fingerprint density at radius 2 is 0.775 bits per heavy atom. The fourth-order valence-electron chi connectivity index (χ4n) is 9.89. The number of nitriles is 1. The summed E-state index contributed by atoms with van der Waals surface area (Å²) in [5.41, 5.74) is 7.56. The minimum Gasteiger partial charge on any atom is -0.438 e. The normalized spacial score (nSPS) is 16.2. The van der Waals surface area contributed by atoms with E-state index >= 15 is 0 Å². The lowest BCUT2D eigenvalue weighted by Gasteiger charge is -2.32. The quantitative estimate of drug-likeness (QED) is 0.0180. The molecule has 60 heteroatoms. The number of nitrogens with two attached hydrogens (primary N) is 1. The van der Waals surface area contributed by atoms with Crippen LogP contribution < -0.4 is 19.3 Å². The van der Waals surface area contributed by atoms with E-state index in [4.69, 9.17) is 193 Å². The van der Waals surface area contributed by atoms with Crippen LogP contribution in [0, 0.1) is 11.3 Å². The molecule has 8 unspecified atom stereocenters. The van der Waals surface area contributed by atoms with Crippen LogP contribution in [0.3, 0.4) is 0 Å². The lowest BCUT2D eigenvalue weighted by molar-refractivity contribution is -0.166. The first-order valence-corrected chi connectivity index (χ1v) is 59.9. The van der Waals surface area contributed by atoms with Gasteiger partial charge in [0.1, 0.15) is 48.5 Å². The fraction of sp³-hybridized carbons (Fsp3) is 0.768. The van der Waals surface area contributed by atoms with Crippen molar-refractivity contribution < 1.29 is 196 Å². The van der Waals surface area contributed by atoms with Crippen LogP contribution in [0.2, 0.25) is 0 Å². The highest BCUT2D eigenvalue weighted by molar-refractivity contribution is 7.45. The van der Waals surface area contributed by atoms with Gasteiger partial charge in [-0.05, 0) is 216 Å². The average Bonchev–Trinajstić information content (AvgIpc) is 1.48. The molecule has 2 N–H and O–H groups in total. The predicted molar refractivity (Wildman–Crippen MR) is 543 cm³/mol. The Bertz CT molecular complexity index is 3620. The smallest absolute Gasteiger partial charge is 0.438 e. The van der Waals surface area contributed by atoms with Crippen molar-refractivity contribution in [1.29, 1.82) is 5.26 Å². The van der Waals surface area contributed by atoms with Crippen LogP contribution in [0.15, 0.2) is 48.8 Å². The number of esters is 1. The van der Waals surface area contributed by atoms with Crippen LogP contribution in [0.25, 0.3) is 16.7 Å². The molecule has 0 amide bonds. The number of rotatable bonds is 73. The van der Waals surface area contributed by atoms with Crippen molar-refractivity contribution in [3.63, 3.8) is 0 Å². The number of benzene rings is 1. The largest absolute Gasteiger partial charge is 0.510 e. The van der Waals surface area contributed by atoms with Gasteiger partial charge in [-0.3, -0.25) is 41.9 Å². The Morgan fingerprint density at radius 3 is 1.18 bits per heavy atom. The second-order valence-electron chi connectivity index (χ2n) is 27.1. The molecule has 47 nitrogen and oxygen atoms in total. The van der Waals surface area contributed by atoms with E-state index in [0.717, 1.165) is 46.5 Å². The zero-order valence-electron chi connectivity index (χ0n) is 86.8. The Balaban J connectivity index is 0.000000582. The van der Waals surface area contributed by atoms with E-state index in [0.29, 0.717) is 144 Å². The van der Waals surface area contributed by atoms with Gasteiger partial charge >= 0.3 is 122 Å². The molecule has 0 spiro atoms. The molecule has 7 rings (SSSR count). The summed E-state index contributed by atoms with van der Waals surface area (Å²) in [6.07, 6.45) is 2.52. The second kappa shape index (κ2) is 85.2. The maximum absolute atomic E-state index is 11.3. The van der Waals surface area contributed by atoms with Crippen LogP contribution in [0.5, 0.6) is 17.2 Å². The summed E-state index contributed by atoms with van der Waals surface area (Å²) in [6, 6.07) is 10.8. The molecular weight excluding hydrogens is 2110 g/mol. The molecule has 4 aliphatic rings. The molecule has 5 heterocycles. The molecule has 2 aromatic heterocycles. The first-order valence-electron chi connectivity index (χ1n) is 46.7. The maximum atomic E-state index is 11.3. The third-order valence-electron chi connectivity index (χ3n) is 15.9. The standard InChI is InChI=1S/C20H16N2O6P2.C17H37BO8P2.C12H26O9P2.C12H26O8P2.C11H23NO6P2.C10H25NO6P2/c1-3-13-19-15(5-1)25-29(27-17(19)7-9-21-13)23-11-12-24-30-26-16-6-2-4-14-20(16)18(28-30)8-10-22-14;1-10-19-27(20-11-2)23-14(5)15(24-28(21-12-3)22-13-4)18-25-16(6,7)17(8,9)26-18;1-6-15-22(16-7-2)19-10-11(20-12(13)14-5)21-23(17-8-3)18-9-4;1-6-14-21(15-7-2)18-10-12(19-11(5)13)20-22(16-8-3)17-9-4;1-5-13-19(14-6-2)17-10-11(9-12)18-20(15-7-3)16-8-4;1-5-12-18(13-6-2)16-9-10(11)17-19(14-7-3)15-8-4/h1,3,5-10H,2,4,11-12H2;14-15H,10-13H2,1-9H3;11H,6-10H2,1-5H3;12H,6-10H2,1-5H3;11H,5-8,10H2,1-4H3;10H,5-9,11H2,1-4H3. The summed E-state index contributed by atoms with van der Waals surface area (Å²) in [5, 5.41) is 9.91. The molecule has 1 aliphatic carbocycles. The number of carbonyl (C=O) groups is 2. The average molecular weight is 2270 g/mol. The van der Waals surface area contributed by atoms with Crippen molar-refractivity contribution in [2.24, 2.45) is 5.73 Å². The molecule has 0 bridgehead atoms. The topological polar surface area (TPSA) is 488 Å². The fourth-order valence-corrected chi connectivity index (χ4v) is 21.2. The lowest BCUT2D eigenvalue weighted by atomic mass is 9.78. The highest BCUT2D eigenvalue weighted by atomic mass is 31.2. The first kappa shape index (κ1) is 137. The van der Waals surface area contributed by atoms with Gasteiger partial charge in [-0.2, -0.15) is 5.26 Å². The van der Waals surface area contributed by atoms with E-state index in [2.05, 4.69) is 20.8 Å². The Kier molecular flexibility index (Phi) is 82.1. The van der Waals surface area contributed by atoms with Crippen LogP contribution in [-0.4, -0.2) is 256 Å². The van der Waals surface area contributed by atoms with E-state index in [9.17, 15) is 9.59 Å². The van der Waals surface area contributed by atoms with E-state index in [1.807, 2.05) is 196 Å². The number of allylic oxidation sites excluding steroid dienone is 1. The van der Waals surface area contributed by atoms with Crippen molar-refractivity contribution in [3.05, 3.63) is 60.1 Å². The van der Waals surface area contributed by atoms with Crippen LogP contribution >= 0.6 is 103 Å². The summed E-state index contributed by atoms with van der Waals surface area (Å²) in [7, 11) is -17.7. The number of ether oxygens (including phenoxy) is 3. The monoisotopic (exact) mass is 2260 g/mol. The van der Waals surface area contributed by atoms with Crippen LogP contribution in [0.4, 0.5) is 4.79 Å². The van der Waals surface area contributed by atoms with E-state index in [1.54, 1.807) is 26.2 Å². The van der Waals surface area contributed by atoms with Crippen molar-refractivity contribution in [2.75, 3.05) is 179 Å². The van der Waals surface area contributed by atoms with Crippen LogP contribution in [-0.2, 0) is 184 Å². The van der Waals surface area contributed by atoms with Crippen molar-refractivity contribution in [2.45, 2.75) is 241 Å². The summed E-state index contributed by atoms with van der Waals surface area (Å²) >= 11 is 0. The summed E-state index contributed by atoms with van der Waals surface area (Å²) < 4.78 is 225. The lowest BCUT2D eigenvalue weighted by Crippen LogP contribution is -2.44. The van der Waals surface area contributed by atoms with Gasteiger partial charge in [-0.25, -0.2) is 4.79 Å². The zero-order chi connectivity index (χ0) is 105. The van der Waals surface area contributed by atoms with Gasteiger partial charge in [0.2, 0.25) is 12.6 Å². The van der Waals surface area contributed by atoms with Gasteiger partial charge in [0.25, 0.3) is 0 Å². The second-order valence-corrected chi connectivity index (χ2v) is 41.1. The third kappa shape index (κ3) is 58.2. The number of pyridine rings is 2. The number of aryl methyl sites for hydroxylation is 1. The summed E-state index contributed by atoms with van der Waals surface area (Å²) in [5.74, 6) is 2.48. The van der Waals surface area contributed by atoms with Gasteiger partial charge in [0.05, 0.1) is 211 Å². The Hall–Kier alpha value is -1.23. The molecule has 142 heavy (non-hydrogen) atoms. The number of aromatic nitrogens is 2. The summed E-state index contributed by atoms with van der Waals surface area (Å²) in [6.45, 7) is 58.0. The zero-order valence-corrected chi connectivity index (χ0v) is 97.5. The number of carbonyl (C=O) groups excluding carboxylic acids is 2. The molecule has 822 valence electrons. The Morgan fingerprint density at radius 1 is 0.430 bits per heavy atom. The Labute approximate surface area is 854 Å². The van der Waals surface area contributed by atoms with Gasteiger partial charge < -0.3 is 165 Å². The van der Waals surface area contributed by atoms with Crippen molar-refractivity contribution >= 4 is 139 Å². The highest BCUT2D eigenvalue weighted by Gasteiger charge is 2.57. The van der Waals surface area contributed by atoms with E-state index in [1.165, 1.54) is 14.0 Å². The summed E-state index contributed by atoms with van der Waals surface area (Å²) in [4.78, 5) is 31.2. The maximum Gasteiger partial charge on any atom is 0.510 e. The first-order chi connectivity index (χ1) is 68.5. The van der Waals surface area contributed by atoms with Crippen molar-refractivity contribution in [3.8, 4) is 23.3 Å². The van der Waals surface area contributed by atoms with E-state index < -0.39 is 171 Å². The number of hydrogen-bond acceptors (Lipinski definition) is 47. The molecule has 1 fully saturated rings. The molecular formula is C82H153BN4O43P12. The molecule has 0 saturated carbocycles. The minimum atomic E-state index is -1.67. The molecule has 8 atom stereocenters. The number of nitrogens with zero attached hydrogens (tertiary/aromatic N) is 3. The van der Waals surface area contributed by atoms with E-state index in [-0.39, 0.29) is 39.6 Å². The third-order valence-corrected chi connectivity index (χ3v) is 31.5.